The van der Waals surface area contributed by atoms with E-state index in [0.29, 0.717) is 0 Å². The van der Waals surface area contributed by atoms with E-state index in [2.05, 4.69) is 11.6 Å². The first-order valence-electron chi connectivity index (χ1n) is 6.22. The molecule has 2 rings (SSSR count). The summed E-state index contributed by atoms with van der Waals surface area (Å²) in [4.78, 5) is 0. The van der Waals surface area contributed by atoms with Crippen LogP contribution in [0.15, 0.2) is 0 Å². The van der Waals surface area contributed by atoms with Gasteiger partial charge in [-0.1, -0.05) is 0 Å². The van der Waals surface area contributed by atoms with E-state index in [0.717, 1.165) is 30.4 Å². The average molecular weight is 229 g/mol. The van der Waals surface area contributed by atoms with Crippen LogP contribution >= 0.6 is 11.8 Å². The highest BCUT2D eigenvalue weighted by molar-refractivity contribution is 7.99. The fourth-order valence-corrected chi connectivity index (χ4v) is 3.32. The van der Waals surface area contributed by atoms with E-state index < -0.39 is 0 Å². The molecule has 0 amide bonds. The van der Waals surface area contributed by atoms with E-state index in [4.69, 9.17) is 4.74 Å². The topological polar surface area (TPSA) is 21.3 Å². The predicted molar refractivity (Wildman–Crippen MR) is 66.5 cm³/mol. The van der Waals surface area contributed by atoms with Gasteiger partial charge in [-0.3, -0.25) is 0 Å². The van der Waals surface area contributed by atoms with E-state index in [-0.39, 0.29) is 0 Å². The van der Waals surface area contributed by atoms with Gasteiger partial charge in [-0.05, 0) is 44.3 Å². The van der Waals surface area contributed by atoms with Crippen molar-refractivity contribution in [2.45, 2.75) is 43.4 Å². The van der Waals surface area contributed by atoms with Crippen molar-refractivity contribution in [1.29, 1.82) is 0 Å². The molecular weight excluding hydrogens is 206 g/mol. The molecule has 0 spiro atoms. The van der Waals surface area contributed by atoms with Crippen LogP contribution in [0.4, 0.5) is 0 Å². The Kier molecular flexibility index (Phi) is 4.79. The molecule has 1 heterocycles. The molecule has 0 aromatic heterocycles. The highest BCUT2D eigenvalue weighted by atomic mass is 32.2. The normalized spacial score (nSPS) is 37.0. The quantitative estimate of drug-likeness (QED) is 0.799. The lowest BCUT2D eigenvalue weighted by atomic mass is 9.94. The Morgan fingerprint density at radius 1 is 1.20 bits per heavy atom. The molecule has 88 valence electrons. The monoisotopic (exact) mass is 229 g/mol. The lowest BCUT2D eigenvalue weighted by molar-refractivity contribution is 0.184. The van der Waals surface area contributed by atoms with Gasteiger partial charge in [0.05, 0.1) is 6.61 Å². The summed E-state index contributed by atoms with van der Waals surface area (Å²) < 4.78 is 5.39. The fraction of sp³-hybridized carbons (Fsp3) is 1.00. The van der Waals surface area contributed by atoms with E-state index in [1.54, 1.807) is 0 Å². The van der Waals surface area contributed by atoms with Crippen molar-refractivity contribution in [1.82, 2.24) is 5.32 Å². The molecule has 2 fully saturated rings. The number of nitrogens with one attached hydrogen (secondary N) is 1. The van der Waals surface area contributed by atoms with Crippen molar-refractivity contribution in [2.75, 3.05) is 26.0 Å². The molecule has 2 nitrogen and oxygen atoms in total. The first-order valence-corrected chi connectivity index (χ1v) is 7.51. The molecule has 2 aliphatic rings. The van der Waals surface area contributed by atoms with Gasteiger partial charge in [-0.25, -0.2) is 0 Å². The maximum Gasteiger partial charge on any atom is 0.0507 e. The summed E-state index contributed by atoms with van der Waals surface area (Å²) in [5.74, 6) is 0.781. The molecule has 1 unspecified atom stereocenters. The van der Waals surface area contributed by atoms with Gasteiger partial charge in [0, 0.05) is 24.4 Å². The van der Waals surface area contributed by atoms with Gasteiger partial charge < -0.3 is 10.1 Å². The molecule has 0 aromatic rings. The van der Waals surface area contributed by atoms with Crippen LogP contribution in [0.25, 0.3) is 0 Å². The zero-order valence-electron chi connectivity index (χ0n) is 9.71. The van der Waals surface area contributed by atoms with Crippen molar-refractivity contribution >= 4 is 11.8 Å². The Bertz CT molecular complexity index is 174. The van der Waals surface area contributed by atoms with Crippen LogP contribution in [0.2, 0.25) is 0 Å². The van der Waals surface area contributed by atoms with Gasteiger partial charge in [-0.15, -0.1) is 0 Å². The van der Waals surface area contributed by atoms with Crippen molar-refractivity contribution in [3.05, 3.63) is 0 Å². The van der Waals surface area contributed by atoms with Crippen LogP contribution < -0.4 is 5.32 Å². The predicted octanol–water partition coefficient (Wildman–Crippen LogP) is 2.29. The third kappa shape index (κ3) is 3.65. The molecule has 3 heteroatoms. The number of thioether (sulfide) groups is 1. The summed E-state index contributed by atoms with van der Waals surface area (Å²) in [5.41, 5.74) is 0. The molecule has 1 N–H and O–H groups in total. The largest absolute Gasteiger partial charge is 0.381 e. The van der Waals surface area contributed by atoms with Crippen LogP contribution in [-0.2, 0) is 4.74 Å². The first kappa shape index (κ1) is 11.7. The number of hydrogen-bond donors (Lipinski definition) is 1. The third-order valence-corrected chi connectivity index (χ3v) is 4.86. The van der Waals surface area contributed by atoms with Crippen molar-refractivity contribution in [3.63, 3.8) is 0 Å². The second-order valence-corrected chi connectivity index (χ2v) is 5.99. The van der Waals surface area contributed by atoms with Gasteiger partial charge in [0.25, 0.3) is 0 Å². The minimum absolute atomic E-state index is 0.781. The van der Waals surface area contributed by atoms with Crippen LogP contribution in [0, 0.1) is 5.92 Å². The van der Waals surface area contributed by atoms with Crippen LogP contribution in [0.5, 0.6) is 0 Å². The van der Waals surface area contributed by atoms with Crippen molar-refractivity contribution in [2.24, 2.45) is 5.92 Å². The summed E-state index contributed by atoms with van der Waals surface area (Å²) in [7, 11) is 0. The van der Waals surface area contributed by atoms with Gasteiger partial charge in [-0.2, -0.15) is 11.8 Å². The highest BCUT2D eigenvalue weighted by Gasteiger charge is 2.22. The Balaban J connectivity index is 1.59. The number of hydrogen-bond acceptors (Lipinski definition) is 3. The fourth-order valence-electron chi connectivity index (χ4n) is 2.58. The SMILES string of the molecule is CSC1CCC(NCC2CCOC2)CC1. The Labute approximate surface area is 97.5 Å². The van der Waals surface area contributed by atoms with Crippen molar-refractivity contribution in [3.8, 4) is 0 Å². The van der Waals surface area contributed by atoms with E-state index in [9.17, 15) is 0 Å². The van der Waals surface area contributed by atoms with Crippen LogP contribution in [-0.4, -0.2) is 37.3 Å². The third-order valence-electron chi connectivity index (χ3n) is 3.73. The lowest BCUT2D eigenvalue weighted by Crippen LogP contribution is -2.37. The number of rotatable bonds is 4. The molecule has 0 aromatic carbocycles. The minimum Gasteiger partial charge on any atom is -0.381 e. The lowest BCUT2D eigenvalue weighted by Gasteiger charge is -2.28. The summed E-state index contributed by atoms with van der Waals surface area (Å²) in [6.07, 6.45) is 9.06. The summed E-state index contributed by atoms with van der Waals surface area (Å²) in [5, 5.41) is 4.65. The average Bonchev–Trinajstić information content (AvgIpc) is 2.80. The summed E-state index contributed by atoms with van der Waals surface area (Å²) >= 11 is 2.04. The van der Waals surface area contributed by atoms with Crippen LogP contribution in [0.1, 0.15) is 32.1 Å². The molecule has 15 heavy (non-hydrogen) atoms. The maximum absolute atomic E-state index is 5.39. The van der Waals surface area contributed by atoms with Gasteiger partial charge in [0.2, 0.25) is 0 Å². The molecule has 1 atom stereocenters. The van der Waals surface area contributed by atoms with E-state index in [1.165, 1.54) is 38.6 Å². The molecule has 1 aliphatic heterocycles. The maximum atomic E-state index is 5.39. The number of ether oxygens (including phenoxy) is 1. The van der Waals surface area contributed by atoms with Gasteiger partial charge in [0.15, 0.2) is 0 Å². The Morgan fingerprint density at radius 3 is 2.60 bits per heavy atom. The van der Waals surface area contributed by atoms with Crippen molar-refractivity contribution < 1.29 is 4.74 Å². The second kappa shape index (κ2) is 6.12. The van der Waals surface area contributed by atoms with E-state index >= 15 is 0 Å². The van der Waals surface area contributed by atoms with Gasteiger partial charge >= 0.3 is 0 Å². The van der Waals surface area contributed by atoms with Crippen LogP contribution in [0.3, 0.4) is 0 Å². The molecule has 0 bridgehead atoms. The highest BCUT2D eigenvalue weighted by Crippen LogP contribution is 2.27. The zero-order chi connectivity index (χ0) is 10.5. The van der Waals surface area contributed by atoms with Gasteiger partial charge in [0.1, 0.15) is 0 Å². The standard InChI is InChI=1S/C12H23NOS/c1-15-12-4-2-11(3-5-12)13-8-10-6-7-14-9-10/h10-13H,2-9H2,1H3. The smallest absolute Gasteiger partial charge is 0.0507 e. The molecular formula is C12H23NOS. The van der Waals surface area contributed by atoms with E-state index in [1.807, 2.05) is 11.8 Å². The molecule has 0 radical (unpaired) electrons. The second-order valence-electron chi connectivity index (χ2n) is 4.85. The Morgan fingerprint density at radius 2 is 2.00 bits per heavy atom. The first-order chi connectivity index (χ1) is 7.38. The Hall–Kier alpha value is 0.270. The summed E-state index contributed by atoms with van der Waals surface area (Å²) in [6.45, 7) is 3.13. The zero-order valence-corrected chi connectivity index (χ0v) is 10.5. The molecule has 1 saturated heterocycles. The molecule has 1 saturated carbocycles. The minimum atomic E-state index is 0.781. The summed E-state index contributed by atoms with van der Waals surface area (Å²) in [6, 6.07) is 0.786. The molecule has 1 aliphatic carbocycles.